The minimum absolute atomic E-state index is 0.172. The van der Waals surface area contributed by atoms with Gasteiger partial charge in [-0.25, -0.2) is 0 Å². The minimum Gasteiger partial charge on any atom is -0.456 e. The molecule has 0 spiro atoms. The first-order valence-electron chi connectivity index (χ1n) is 21.1. The predicted octanol–water partition coefficient (Wildman–Crippen LogP) is 16.2. The third-order valence-electron chi connectivity index (χ3n) is 13.6. The zero-order valence-electron chi connectivity index (χ0n) is 34.3. The van der Waals surface area contributed by atoms with Gasteiger partial charge in [0.05, 0.1) is 0 Å². The second kappa shape index (κ2) is 12.7. The van der Waals surface area contributed by atoms with Crippen LogP contribution in [0.15, 0.2) is 192 Å². The lowest BCUT2D eigenvalue weighted by Crippen LogP contribution is -2.18. The van der Waals surface area contributed by atoms with Crippen LogP contribution in [0.25, 0.3) is 77.2 Å². The molecule has 0 saturated heterocycles. The smallest absolute Gasteiger partial charge is 0.136 e. The Bertz CT molecular complexity index is 3380. The molecular formula is C58H43NO. The highest BCUT2D eigenvalue weighted by Crippen LogP contribution is 2.54. The molecular weight excluding hydrogens is 727 g/mol. The monoisotopic (exact) mass is 769 g/mol. The molecule has 60 heavy (non-hydrogen) atoms. The Labute approximate surface area is 351 Å². The normalized spacial score (nSPS) is 14.3. The highest BCUT2D eigenvalue weighted by molar-refractivity contribution is 6.06. The third kappa shape index (κ3) is 5.13. The van der Waals surface area contributed by atoms with Gasteiger partial charge in [0.1, 0.15) is 11.2 Å². The van der Waals surface area contributed by atoms with E-state index in [4.69, 9.17) is 4.42 Å². The van der Waals surface area contributed by atoms with E-state index in [1.54, 1.807) is 0 Å². The van der Waals surface area contributed by atoms with Crippen LogP contribution in [0.1, 0.15) is 49.9 Å². The summed E-state index contributed by atoms with van der Waals surface area (Å²) in [5.41, 5.74) is 20.5. The second-order valence-electron chi connectivity index (χ2n) is 17.8. The van der Waals surface area contributed by atoms with E-state index < -0.39 is 0 Å². The van der Waals surface area contributed by atoms with Gasteiger partial charge in [-0.05, 0) is 144 Å². The van der Waals surface area contributed by atoms with Crippen molar-refractivity contribution in [1.29, 1.82) is 0 Å². The fourth-order valence-corrected chi connectivity index (χ4v) is 10.4. The summed E-state index contributed by atoms with van der Waals surface area (Å²) in [6.45, 7) is 9.53. The van der Waals surface area contributed by atoms with E-state index in [9.17, 15) is 0 Å². The van der Waals surface area contributed by atoms with Gasteiger partial charge >= 0.3 is 0 Å². The lowest BCUT2D eigenvalue weighted by atomic mass is 9.81. The molecule has 0 amide bonds. The van der Waals surface area contributed by atoms with Crippen molar-refractivity contribution in [2.45, 2.75) is 38.5 Å². The maximum absolute atomic E-state index is 6.30. The van der Waals surface area contributed by atoms with Crippen LogP contribution in [0.2, 0.25) is 0 Å². The summed E-state index contributed by atoms with van der Waals surface area (Å²) >= 11 is 0. The molecule has 0 unspecified atom stereocenters. The predicted molar refractivity (Wildman–Crippen MR) is 252 cm³/mol. The Morgan fingerprint density at radius 1 is 0.333 bits per heavy atom. The van der Waals surface area contributed by atoms with E-state index >= 15 is 0 Å². The van der Waals surface area contributed by atoms with Crippen molar-refractivity contribution in [1.82, 2.24) is 0 Å². The van der Waals surface area contributed by atoms with E-state index in [1.807, 2.05) is 12.1 Å². The Balaban J connectivity index is 0.963. The standard InChI is InChI=1S/C58H43NO/c1-57(2)51-31-39(36-12-6-5-7-13-36)19-25-45(51)47-28-23-43(34-53(47)57)59(42-22-18-37-14-8-9-15-38(37)30-42)44-24-29-48-46-26-20-40(32-52(46)58(3,4)54(48)35-44)41-21-27-50-49-16-10-11-17-55(49)60-56(50)33-41/h5-35H,1-4H3. The fourth-order valence-electron chi connectivity index (χ4n) is 10.4. The molecule has 1 aromatic heterocycles. The van der Waals surface area contributed by atoms with Crippen molar-refractivity contribution in [3.63, 3.8) is 0 Å². The zero-order chi connectivity index (χ0) is 40.3. The maximum Gasteiger partial charge on any atom is 0.136 e. The Morgan fingerprint density at radius 2 is 0.800 bits per heavy atom. The molecule has 2 nitrogen and oxygen atoms in total. The van der Waals surface area contributed by atoms with Crippen molar-refractivity contribution in [2.24, 2.45) is 0 Å². The summed E-state index contributed by atoms with van der Waals surface area (Å²) in [7, 11) is 0. The van der Waals surface area contributed by atoms with Gasteiger partial charge in [0.15, 0.2) is 0 Å². The third-order valence-corrected chi connectivity index (χ3v) is 13.6. The molecule has 0 aliphatic heterocycles. The van der Waals surface area contributed by atoms with Crippen LogP contribution < -0.4 is 4.90 Å². The number of para-hydroxylation sites is 1. The van der Waals surface area contributed by atoms with Crippen LogP contribution in [0.4, 0.5) is 17.1 Å². The Kier molecular flexibility index (Phi) is 7.36. The number of rotatable bonds is 5. The molecule has 0 bridgehead atoms. The summed E-state index contributed by atoms with van der Waals surface area (Å²) in [6, 6.07) is 69.5. The molecule has 0 atom stereocenters. The molecule has 286 valence electrons. The molecule has 0 saturated carbocycles. The fraction of sp³-hybridized carbons (Fsp3) is 0.103. The van der Waals surface area contributed by atoms with Gasteiger partial charge < -0.3 is 9.32 Å². The summed E-state index contributed by atoms with van der Waals surface area (Å²) < 4.78 is 6.30. The summed E-state index contributed by atoms with van der Waals surface area (Å²) in [5.74, 6) is 0. The summed E-state index contributed by atoms with van der Waals surface area (Å²) in [6.07, 6.45) is 0. The van der Waals surface area contributed by atoms with Crippen molar-refractivity contribution in [3.8, 4) is 44.5 Å². The number of anilines is 3. The first-order valence-corrected chi connectivity index (χ1v) is 21.1. The van der Waals surface area contributed by atoms with Crippen molar-refractivity contribution < 1.29 is 4.42 Å². The summed E-state index contributed by atoms with van der Waals surface area (Å²) in [4.78, 5) is 2.47. The van der Waals surface area contributed by atoms with E-state index in [0.717, 1.165) is 44.6 Å². The molecule has 10 aromatic rings. The molecule has 0 radical (unpaired) electrons. The number of fused-ring (bicyclic) bond motifs is 10. The number of nitrogens with zero attached hydrogens (tertiary/aromatic N) is 1. The number of furan rings is 1. The highest BCUT2D eigenvalue weighted by Gasteiger charge is 2.38. The number of hydrogen-bond acceptors (Lipinski definition) is 2. The van der Waals surface area contributed by atoms with Crippen LogP contribution in [-0.4, -0.2) is 0 Å². The molecule has 2 heteroatoms. The van der Waals surface area contributed by atoms with Crippen LogP contribution in [0, 0.1) is 0 Å². The van der Waals surface area contributed by atoms with Crippen molar-refractivity contribution >= 4 is 49.8 Å². The molecule has 2 aliphatic carbocycles. The Hall–Kier alpha value is -7.16. The van der Waals surface area contributed by atoms with Gasteiger partial charge in [-0.15, -0.1) is 0 Å². The average molecular weight is 770 g/mol. The molecule has 0 N–H and O–H groups in total. The lowest BCUT2D eigenvalue weighted by Gasteiger charge is -2.30. The molecule has 12 rings (SSSR count). The lowest BCUT2D eigenvalue weighted by molar-refractivity contribution is 0.660. The van der Waals surface area contributed by atoms with Crippen LogP contribution in [0.3, 0.4) is 0 Å². The van der Waals surface area contributed by atoms with Gasteiger partial charge in [-0.1, -0.05) is 149 Å². The largest absolute Gasteiger partial charge is 0.456 e. The van der Waals surface area contributed by atoms with Crippen molar-refractivity contribution in [3.05, 3.63) is 210 Å². The van der Waals surface area contributed by atoms with E-state index in [-0.39, 0.29) is 10.8 Å². The SMILES string of the molecule is CC1(C)c2cc(-c3ccccc3)ccc2-c2ccc(N(c3ccc4c(c3)C(C)(C)c3cc(-c5ccc6c(c5)oc5ccccc56)ccc3-4)c3ccc4ccccc4c3)cc21. The van der Waals surface area contributed by atoms with E-state index in [1.165, 1.54) is 72.0 Å². The van der Waals surface area contributed by atoms with E-state index in [2.05, 4.69) is 209 Å². The molecule has 9 aromatic carbocycles. The minimum atomic E-state index is -0.215. The first kappa shape index (κ1) is 34.8. The van der Waals surface area contributed by atoms with Gasteiger partial charge in [0, 0.05) is 38.7 Å². The van der Waals surface area contributed by atoms with E-state index in [0.29, 0.717) is 0 Å². The zero-order valence-corrected chi connectivity index (χ0v) is 34.3. The van der Waals surface area contributed by atoms with Gasteiger partial charge in [0.2, 0.25) is 0 Å². The average Bonchev–Trinajstić information content (AvgIpc) is 3.85. The number of hydrogen-bond donors (Lipinski definition) is 0. The number of benzene rings is 9. The van der Waals surface area contributed by atoms with Gasteiger partial charge in [-0.2, -0.15) is 0 Å². The Morgan fingerprint density at radius 3 is 1.47 bits per heavy atom. The van der Waals surface area contributed by atoms with Gasteiger partial charge in [0.25, 0.3) is 0 Å². The molecule has 2 aliphatic rings. The second-order valence-corrected chi connectivity index (χ2v) is 17.8. The van der Waals surface area contributed by atoms with Crippen LogP contribution in [0.5, 0.6) is 0 Å². The maximum atomic E-state index is 6.30. The van der Waals surface area contributed by atoms with Gasteiger partial charge in [-0.3, -0.25) is 0 Å². The highest BCUT2D eigenvalue weighted by atomic mass is 16.3. The quantitative estimate of drug-likeness (QED) is 0.173. The van der Waals surface area contributed by atoms with Crippen LogP contribution >= 0.6 is 0 Å². The van der Waals surface area contributed by atoms with Crippen LogP contribution in [-0.2, 0) is 10.8 Å². The van der Waals surface area contributed by atoms with Crippen molar-refractivity contribution in [2.75, 3.05) is 4.90 Å². The topological polar surface area (TPSA) is 16.4 Å². The molecule has 1 heterocycles. The first-order chi connectivity index (χ1) is 29.2. The molecule has 0 fully saturated rings. The summed E-state index contributed by atoms with van der Waals surface area (Å²) in [5, 5.41) is 4.77.